The minimum atomic E-state index is -2.06. The lowest BCUT2D eigenvalue weighted by Gasteiger charge is -2.37. The fourth-order valence-corrected chi connectivity index (χ4v) is 1.50. The van der Waals surface area contributed by atoms with E-state index in [0.717, 1.165) is 16.2 Å². The van der Waals surface area contributed by atoms with Crippen LogP contribution in [0, 0.1) is 0 Å². The average molecular weight is 317 g/mol. The lowest BCUT2D eigenvalue weighted by Crippen LogP contribution is -2.52. The Morgan fingerprint density at radius 1 is 1.33 bits per heavy atom. The van der Waals surface area contributed by atoms with Gasteiger partial charge in [0.2, 0.25) is 8.25 Å². The van der Waals surface area contributed by atoms with E-state index < -0.39 is 14.7 Å². The number of hydrogen-bond acceptors (Lipinski definition) is 3. The predicted octanol–water partition coefficient (Wildman–Crippen LogP) is 3.32. The Bertz CT molecular complexity index is 266. The Morgan fingerprint density at radius 2 is 1.87 bits per heavy atom. The third kappa shape index (κ3) is 2.50. The molecule has 0 N–H and O–H groups in total. The van der Waals surface area contributed by atoms with Crippen molar-refractivity contribution in [2.24, 2.45) is 5.10 Å². The molecule has 1 atom stereocenters. The molecule has 3 nitrogen and oxygen atoms in total. The molecule has 0 spiro atoms. The summed E-state index contributed by atoms with van der Waals surface area (Å²) < 4.78 is 9.58. The summed E-state index contributed by atoms with van der Waals surface area (Å²) in [4.78, 5) is 0.826. The second-order valence-corrected chi connectivity index (χ2v) is 6.31. The first-order chi connectivity index (χ1) is 6.71. The van der Waals surface area contributed by atoms with Gasteiger partial charge in [-0.1, -0.05) is 58.0 Å². The van der Waals surface area contributed by atoms with Crippen molar-refractivity contribution in [3.05, 3.63) is 0 Å². The molecule has 1 aliphatic heterocycles. The third-order valence-corrected chi connectivity index (χ3v) is 4.15. The minimum absolute atomic E-state index is 0.345. The van der Waals surface area contributed by atoms with Crippen LogP contribution in [-0.2, 0) is 0 Å². The van der Waals surface area contributed by atoms with E-state index in [1.807, 2.05) is 0 Å². The lowest BCUT2D eigenvalue weighted by atomic mass is 10.6. The van der Waals surface area contributed by atoms with Crippen molar-refractivity contribution >= 4 is 64.3 Å². The Balaban J connectivity index is 2.88. The van der Waals surface area contributed by atoms with Crippen molar-refractivity contribution in [2.75, 3.05) is 6.54 Å². The van der Waals surface area contributed by atoms with Crippen LogP contribution in [0.1, 0.15) is 6.92 Å². The van der Waals surface area contributed by atoms with Gasteiger partial charge < -0.3 is 0 Å². The van der Waals surface area contributed by atoms with Crippen LogP contribution in [0.2, 0.25) is 0 Å². The molecule has 0 aliphatic carbocycles. The van der Waals surface area contributed by atoms with E-state index in [4.69, 9.17) is 58.0 Å². The average Bonchev–Trinajstić information content (AvgIpc) is 2.44. The van der Waals surface area contributed by atoms with Crippen LogP contribution < -0.4 is 0 Å². The van der Waals surface area contributed by atoms with Crippen LogP contribution >= 0.6 is 58.0 Å². The molecule has 9 heteroatoms. The standard InChI is InChI=1S/C6H7Cl5FN3/c1-2-15-4(12)14(3-13-15)6(10,11)5(7,8)9/h3-4H,2H2,1H3. The highest BCUT2D eigenvalue weighted by Crippen LogP contribution is 2.49. The molecule has 88 valence electrons. The van der Waals surface area contributed by atoms with E-state index in [0.29, 0.717) is 6.54 Å². The maximum atomic E-state index is 13.7. The van der Waals surface area contributed by atoms with E-state index in [1.54, 1.807) is 6.92 Å². The van der Waals surface area contributed by atoms with Gasteiger partial charge in [-0.3, -0.25) is 4.90 Å². The van der Waals surface area contributed by atoms with Gasteiger partial charge in [0.1, 0.15) is 6.34 Å². The predicted molar refractivity (Wildman–Crippen MR) is 62.3 cm³/mol. The number of hydrogen-bond donors (Lipinski definition) is 0. The molecule has 0 amide bonds. The van der Waals surface area contributed by atoms with Gasteiger partial charge in [-0.15, -0.1) is 0 Å². The normalized spacial score (nSPS) is 22.7. The fourth-order valence-electron chi connectivity index (χ4n) is 0.961. The second kappa shape index (κ2) is 4.49. The molecule has 15 heavy (non-hydrogen) atoms. The molecule has 1 unspecified atom stereocenters. The summed E-state index contributed by atoms with van der Waals surface area (Å²) in [5.74, 6) is 0. The fraction of sp³-hybridized carbons (Fsp3) is 0.833. The van der Waals surface area contributed by atoms with E-state index in [-0.39, 0.29) is 0 Å². The largest absolute Gasteiger partial charge is 0.277 e. The van der Waals surface area contributed by atoms with Gasteiger partial charge in [-0.05, 0) is 6.92 Å². The topological polar surface area (TPSA) is 18.8 Å². The van der Waals surface area contributed by atoms with Crippen molar-refractivity contribution in [3.8, 4) is 0 Å². The van der Waals surface area contributed by atoms with Gasteiger partial charge in [-0.25, -0.2) is 5.01 Å². The first kappa shape index (κ1) is 13.7. The molecule has 0 bridgehead atoms. The molecule has 0 radical (unpaired) electrons. The van der Waals surface area contributed by atoms with Crippen molar-refractivity contribution in [1.82, 2.24) is 9.91 Å². The Morgan fingerprint density at radius 3 is 2.20 bits per heavy atom. The van der Waals surface area contributed by atoms with Crippen molar-refractivity contribution in [3.63, 3.8) is 0 Å². The molecule has 0 fully saturated rings. The molecular formula is C6H7Cl5FN3. The van der Waals surface area contributed by atoms with Crippen LogP contribution in [0.4, 0.5) is 4.39 Å². The SMILES string of the molecule is CCN1N=CN(C(Cl)(Cl)C(Cl)(Cl)Cl)C1F. The summed E-state index contributed by atoms with van der Waals surface area (Å²) >= 11 is 28.2. The van der Waals surface area contributed by atoms with Gasteiger partial charge in [0, 0.05) is 6.54 Å². The highest BCUT2D eigenvalue weighted by Gasteiger charge is 2.54. The Hall–Kier alpha value is 0.650. The highest BCUT2D eigenvalue weighted by molar-refractivity contribution is 6.75. The zero-order valence-electron chi connectivity index (χ0n) is 7.47. The quantitative estimate of drug-likeness (QED) is 0.575. The molecule has 0 aromatic rings. The number of rotatable bonds is 2. The first-order valence-corrected chi connectivity index (χ1v) is 5.78. The van der Waals surface area contributed by atoms with Gasteiger partial charge in [0.15, 0.2) is 0 Å². The van der Waals surface area contributed by atoms with Gasteiger partial charge in [-0.2, -0.15) is 9.49 Å². The molecule has 1 rings (SSSR count). The second-order valence-electron chi connectivity index (χ2n) is 2.74. The molecule has 1 aliphatic rings. The maximum Gasteiger partial charge on any atom is 0.267 e. The van der Waals surface area contributed by atoms with Gasteiger partial charge >= 0.3 is 0 Å². The van der Waals surface area contributed by atoms with Crippen LogP contribution in [0.5, 0.6) is 0 Å². The van der Waals surface area contributed by atoms with Crippen LogP contribution in [-0.4, -0.2) is 37.5 Å². The minimum Gasteiger partial charge on any atom is -0.277 e. The number of alkyl halides is 6. The van der Waals surface area contributed by atoms with Crippen LogP contribution in [0.25, 0.3) is 0 Å². The van der Waals surface area contributed by atoms with E-state index in [9.17, 15) is 4.39 Å². The van der Waals surface area contributed by atoms with Gasteiger partial charge in [0.05, 0.1) is 0 Å². The van der Waals surface area contributed by atoms with E-state index >= 15 is 0 Å². The number of halogens is 6. The summed E-state index contributed by atoms with van der Waals surface area (Å²) in [6, 6.07) is 0. The summed E-state index contributed by atoms with van der Waals surface area (Å²) in [5, 5.41) is 4.82. The molecule has 0 aromatic carbocycles. The highest BCUT2D eigenvalue weighted by atomic mass is 35.6. The third-order valence-electron chi connectivity index (χ3n) is 1.79. The Kier molecular flexibility index (Phi) is 4.11. The Labute approximate surface area is 112 Å². The van der Waals surface area contributed by atoms with Crippen LogP contribution in [0.3, 0.4) is 0 Å². The summed E-state index contributed by atoms with van der Waals surface area (Å²) in [6.45, 7) is 2.06. The van der Waals surface area contributed by atoms with Gasteiger partial charge in [0.25, 0.3) is 6.42 Å². The molecule has 0 saturated heterocycles. The summed E-state index contributed by atoms with van der Waals surface area (Å²) in [6.07, 6.45) is -0.559. The van der Waals surface area contributed by atoms with Crippen LogP contribution in [0.15, 0.2) is 5.10 Å². The number of hydrazone groups is 1. The monoisotopic (exact) mass is 315 g/mol. The number of nitrogens with zero attached hydrogens (tertiary/aromatic N) is 3. The molecule has 1 heterocycles. The lowest BCUT2D eigenvalue weighted by molar-refractivity contribution is 0.00619. The summed E-state index contributed by atoms with van der Waals surface area (Å²) in [5.41, 5.74) is 0. The van der Waals surface area contributed by atoms with Crippen molar-refractivity contribution in [2.45, 2.75) is 21.6 Å². The zero-order valence-corrected chi connectivity index (χ0v) is 11.3. The van der Waals surface area contributed by atoms with Crippen molar-refractivity contribution < 1.29 is 4.39 Å². The summed E-state index contributed by atoms with van der Waals surface area (Å²) in [7, 11) is 0. The zero-order chi connectivity index (χ0) is 11.9. The maximum absolute atomic E-state index is 13.7. The molecular weight excluding hydrogens is 310 g/mol. The molecule has 0 saturated carbocycles. The van der Waals surface area contributed by atoms with E-state index in [2.05, 4.69) is 5.10 Å². The molecule has 0 aromatic heterocycles. The van der Waals surface area contributed by atoms with Crippen molar-refractivity contribution in [1.29, 1.82) is 0 Å². The first-order valence-electron chi connectivity index (χ1n) is 3.89. The smallest absolute Gasteiger partial charge is 0.267 e. The van der Waals surface area contributed by atoms with E-state index in [1.165, 1.54) is 0 Å².